The molecule has 0 radical (unpaired) electrons. The van der Waals surface area contributed by atoms with Crippen molar-refractivity contribution in [3.05, 3.63) is 18.5 Å². The van der Waals surface area contributed by atoms with Gasteiger partial charge in [-0.15, -0.1) is 0 Å². The predicted molar refractivity (Wildman–Crippen MR) is 39.5 cm³/mol. The van der Waals surface area contributed by atoms with Crippen LogP contribution < -0.4 is 4.74 Å². The van der Waals surface area contributed by atoms with Crippen LogP contribution in [-0.4, -0.2) is 29.8 Å². The van der Waals surface area contributed by atoms with E-state index in [9.17, 15) is 8.78 Å². The summed E-state index contributed by atoms with van der Waals surface area (Å²) in [5.74, 6) is 0. The maximum absolute atomic E-state index is 12.4. The fourth-order valence-electron chi connectivity index (χ4n) is 0.567. The van der Waals surface area contributed by atoms with Gasteiger partial charge >= 0.3 is 12.1 Å². The fourth-order valence-corrected chi connectivity index (χ4v) is 0.567. The first kappa shape index (κ1) is 9.79. The van der Waals surface area contributed by atoms with E-state index in [1.807, 2.05) is 0 Å². The highest BCUT2D eigenvalue weighted by atomic mass is 19.3. The maximum Gasteiger partial charge on any atom is 0.389 e. The first-order valence-corrected chi connectivity index (χ1v) is 3.47. The van der Waals surface area contributed by atoms with Gasteiger partial charge in [-0.25, -0.2) is 9.97 Å². The lowest BCUT2D eigenvalue weighted by molar-refractivity contribution is -0.237. The SMILES string of the molecule is COC(F)(F)COc1ncccn1. The summed E-state index contributed by atoms with van der Waals surface area (Å²) in [6, 6.07) is 1.46. The predicted octanol–water partition coefficient (Wildman–Crippen LogP) is 1.09. The van der Waals surface area contributed by atoms with E-state index in [1.165, 1.54) is 12.4 Å². The Morgan fingerprint density at radius 3 is 2.54 bits per heavy atom. The molecule has 0 saturated heterocycles. The van der Waals surface area contributed by atoms with Crippen molar-refractivity contribution in [1.82, 2.24) is 9.97 Å². The van der Waals surface area contributed by atoms with E-state index < -0.39 is 12.7 Å². The number of methoxy groups -OCH3 is 1. The minimum absolute atomic E-state index is 0.0979. The largest absolute Gasteiger partial charge is 0.454 e. The van der Waals surface area contributed by atoms with E-state index in [2.05, 4.69) is 19.4 Å². The second-order valence-electron chi connectivity index (χ2n) is 2.16. The van der Waals surface area contributed by atoms with Gasteiger partial charge < -0.3 is 9.47 Å². The van der Waals surface area contributed by atoms with Gasteiger partial charge in [-0.3, -0.25) is 0 Å². The molecule has 0 spiro atoms. The van der Waals surface area contributed by atoms with Gasteiger partial charge in [-0.1, -0.05) is 0 Å². The highest BCUT2D eigenvalue weighted by Gasteiger charge is 2.29. The van der Waals surface area contributed by atoms with Crippen LogP contribution >= 0.6 is 0 Å². The average molecular weight is 190 g/mol. The number of alkyl halides is 2. The van der Waals surface area contributed by atoms with Crippen LogP contribution in [0.3, 0.4) is 0 Å². The van der Waals surface area contributed by atoms with Crippen LogP contribution in [0.5, 0.6) is 6.01 Å². The molecule has 0 amide bonds. The highest BCUT2D eigenvalue weighted by molar-refractivity contribution is 4.93. The highest BCUT2D eigenvalue weighted by Crippen LogP contribution is 2.14. The summed E-state index contributed by atoms with van der Waals surface area (Å²) in [7, 11) is 0.898. The number of hydrogen-bond donors (Lipinski definition) is 0. The Bertz CT molecular complexity index is 256. The molecule has 1 rings (SSSR count). The molecule has 0 aliphatic rings. The maximum atomic E-state index is 12.4. The lowest BCUT2D eigenvalue weighted by atomic mass is 10.6. The third-order valence-electron chi connectivity index (χ3n) is 1.21. The molecule has 1 aromatic rings. The first-order valence-electron chi connectivity index (χ1n) is 3.47. The van der Waals surface area contributed by atoms with Gasteiger partial charge in [0.1, 0.15) is 0 Å². The number of rotatable bonds is 4. The molecule has 0 aromatic carbocycles. The van der Waals surface area contributed by atoms with E-state index in [1.54, 1.807) is 6.07 Å². The van der Waals surface area contributed by atoms with E-state index in [-0.39, 0.29) is 6.01 Å². The summed E-state index contributed by atoms with van der Waals surface area (Å²) >= 11 is 0. The molecule has 72 valence electrons. The van der Waals surface area contributed by atoms with E-state index in [0.29, 0.717) is 0 Å². The van der Waals surface area contributed by atoms with Crippen molar-refractivity contribution in [2.24, 2.45) is 0 Å². The normalized spacial score (nSPS) is 11.3. The summed E-state index contributed by atoms with van der Waals surface area (Å²) in [5, 5.41) is 0. The molecule has 0 fully saturated rings. The van der Waals surface area contributed by atoms with Crippen LogP contribution in [0.25, 0.3) is 0 Å². The fraction of sp³-hybridized carbons (Fsp3) is 0.429. The molecule has 13 heavy (non-hydrogen) atoms. The Hall–Kier alpha value is -1.30. The molecule has 0 saturated carbocycles. The van der Waals surface area contributed by atoms with Crippen molar-refractivity contribution in [3.63, 3.8) is 0 Å². The van der Waals surface area contributed by atoms with Gasteiger partial charge in [0, 0.05) is 19.5 Å². The standard InChI is InChI=1S/C7H8F2N2O2/c1-12-7(8,9)5-13-6-10-3-2-4-11-6/h2-4H,5H2,1H3. The van der Waals surface area contributed by atoms with Crippen molar-refractivity contribution in [3.8, 4) is 6.01 Å². The molecule has 0 unspecified atom stereocenters. The van der Waals surface area contributed by atoms with Gasteiger partial charge in [0.05, 0.1) is 0 Å². The van der Waals surface area contributed by atoms with E-state index >= 15 is 0 Å². The van der Waals surface area contributed by atoms with Crippen molar-refractivity contribution in [2.45, 2.75) is 6.11 Å². The first-order chi connectivity index (χ1) is 6.14. The van der Waals surface area contributed by atoms with Crippen LogP contribution in [0.4, 0.5) is 8.78 Å². The minimum Gasteiger partial charge on any atom is -0.454 e. The Balaban J connectivity index is 2.44. The summed E-state index contributed by atoms with van der Waals surface area (Å²) < 4.78 is 33.3. The van der Waals surface area contributed by atoms with Crippen molar-refractivity contribution >= 4 is 0 Å². The number of halogens is 2. The van der Waals surface area contributed by atoms with Crippen molar-refractivity contribution in [1.29, 1.82) is 0 Å². The Kier molecular flexibility index (Phi) is 3.07. The summed E-state index contributed by atoms with van der Waals surface area (Å²) in [5.41, 5.74) is 0. The van der Waals surface area contributed by atoms with Gasteiger partial charge in [0.25, 0.3) is 0 Å². The lowest BCUT2D eigenvalue weighted by Gasteiger charge is -2.13. The zero-order valence-electron chi connectivity index (χ0n) is 6.91. The number of aromatic nitrogens is 2. The molecule has 0 N–H and O–H groups in total. The second-order valence-corrected chi connectivity index (χ2v) is 2.16. The number of nitrogens with zero attached hydrogens (tertiary/aromatic N) is 2. The van der Waals surface area contributed by atoms with Crippen LogP contribution in [0.1, 0.15) is 0 Å². The van der Waals surface area contributed by atoms with E-state index in [0.717, 1.165) is 7.11 Å². The van der Waals surface area contributed by atoms with E-state index in [4.69, 9.17) is 0 Å². The molecule has 1 aromatic heterocycles. The molecule has 1 heterocycles. The van der Waals surface area contributed by atoms with Crippen LogP contribution in [0.15, 0.2) is 18.5 Å². The van der Waals surface area contributed by atoms with Crippen molar-refractivity contribution in [2.75, 3.05) is 13.7 Å². The molecule has 0 atom stereocenters. The Labute approximate surface area is 73.5 Å². The zero-order chi connectivity index (χ0) is 9.73. The summed E-state index contributed by atoms with van der Waals surface area (Å²) in [6.07, 6.45) is -0.514. The number of ether oxygens (including phenoxy) is 2. The van der Waals surface area contributed by atoms with Gasteiger partial charge in [-0.05, 0) is 6.07 Å². The van der Waals surface area contributed by atoms with Gasteiger partial charge in [0.2, 0.25) is 0 Å². The third kappa shape index (κ3) is 3.29. The van der Waals surface area contributed by atoms with Crippen LogP contribution in [0.2, 0.25) is 0 Å². The van der Waals surface area contributed by atoms with Gasteiger partial charge in [-0.2, -0.15) is 8.78 Å². The Morgan fingerprint density at radius 1 is 1.38 bits per heavy atom. The topological polar surface area (TPSA) is 44.2 Å². The van der Waals surface area contributed by atoms with Gasteiger partial charge in [0.15, 0.2) is 6.61 Å². The second kappa shape index (κ2) is 4.08. The lowest BCUT2D eigenvalue weighted by Crippen LogP contribution is -2.28. The van der Waals surface area contributed by atoms with Crippen molar-refractivity contribution < 1.29 is 18.3 Å². The number of hydrogen-bond acceptors (Lipinski definition) is 4. The molecule has 4 nitrogen and oxygen atoms in total. The molecular formula is C7H8F2N2O2. The molecule has 6 heteroatoms. The zero-order valence-corrected chi connectivity index (χ0v) is 6.91. The van der Waals surface area contributed by atoms with Crippen LogP contribution in [0, 0.1) is 0 Å². The average Bonchev–Trinajstić information content (AvgIpc) is 2.17. The summed E-state index contributed by atoms with van der Waals surface area (Å²) in [4.78, 5) is 7.19. The quantitative estimate of drug-likeness (QED) is 0.713. The summed E-state index contributed by atoms with van der Waals surface area (Å²) in [6.45, 7) is -0.895. The molecule has 0 aliphatic heterocycles. The molecule has 0 bridgehead atoms. The monoisotopic (exact) mass is 190 g/mol. The third-order valence-corrected chi connectivity index (χ3v) is 1.21. The molecular weight excluding hydrogens is 182 g/mol. The minimum atomic E-state index is -3.31. The Morgan fingerprint density at radius 2 is 2.00 bits per heavy atom. The smallest absolute Gasteiger partial charge is 0.389 e. The van der Waals surface area contributed by atoms with Crippen LogP contribution in [-0.2, 0) is 4.74 Å². The molecule has 0 aliphatic carbocycles.